The second-order valence-electron chi connectivity index (χ2n) is 8.96. The van der Waals surface area contributed by atoms with Crippen molar-refractivity contribution in [3.05, 3.63) is 102 Å². The second-order valence-corrected chi connectivity index (χ2v) is 8.96. The highest BCUT2D eigenvalue weighted by Crippen LogP contribution is 2.31. The molecule has 0 aromatic heterocycles. The quantitative estimate of drug-likeness (QED) is 0.527. The van der Waals surface area contributed by atoms with Crippen molar-refractivity contribution in [2.24, 2.45) is 0 Å². The van der Waals surface area contributed by atoms with Crippen LogP contribution >= 0.6 is 0 Å². The average molecular weight is 438 g/mol. The molecule has 0 atom stereocenters. The highest BCUT2D eigenvalue weighted by atomic mass is 16.2. The van der Waals surface area contributed by atoms with Crippen molar-refractivity contribution in [1.29, 1.82) is 0 Å². The zero-order valence-corrected chi connectivity index (χ0v) is 19.0. The first-order valence-electron chi connectivity index (χ1n) is 12.0. The molecule has 3 aromatic carbocycles. The van der Waals surface area contributed by atoms with Crippen LogP contribution in [0.25, 0.3) is 6.08 Å². The Labute approximate surface area is 196 Å². The number of carbonyl (C=O) groups is 1. The summed E-state index contributed by atoms with van der Waals surface area (Å²) in [6.07, 6.45) is 6.65. The van der Waals surface area contributed by atoms with E-state index >= 15 is 0 Å². The van der Waals surface area contributed by atoms with E-state index in [2.05, 4.69) is 58.7 Å². The van der Waals surface area contributed by atoms with Gasteiger partial charge in [0, 0.05) is 49.7 Å². The smallest absolute Gasteiger partial charge is 0.251 e. The van der Waals surface area contributed by atoms with Crippen LogP contribution in [0.4, 0.5) is 11.4 Å². The number of nitrogens with zero attached hydrogens (tertiary/aromatic N) is 2. The minimum absolute atomic E-state index is 0.0540. The molecule has 0 unspecified atom stereocenters. The number of carbonyl (C=O) groups excluding carboxylic acids is 1. The maximum absolute atomic E-state index is 13.5. The Morgan fingerprint density at radius 1 is 0.970 bits per heavy atom. The number of nitrogens with one attached hydrogen (secondary N) is 1. The van der Waals surface area contributed by atoms with Gasteiger partial charge < -0.3 is 10.2 Å². The fourth-order valence-corrected chi connectivity index (χ4v) is 4.94. The van der Waals surface area contributed by atoms with E-state index in [0.29, 0.717) is 0 Å². The lowest BCUT2D eigenvalue weighted by Gasteiger charge is -2.38. The third kappa shape index (κ3) is 5.18. The number of benzene rings is 3. The molecule has 1 amide bonds. The first-order chi connectivity index (χ1) is 16.3. The van der Waals surface area contributed by atoms with Gasteiger partial charge in [0.25, 0.3) is 5.91 Å². The van der Waals surface area contributed by atoms with Crippen molar-refractivity contribution < 1.29 is 4.79 Å². The van der Waals surface area contributed by atoms with E-state index in [4.69, 9.17) is 0 Å². The molecule has 1 N–H and O–H groups in total. The molecule has 2 aliphatic heterocycles. The van der Waals surface area contributed by atoms with Crippen molar-refractivity contribution in [2.75, 3.05) is 29.9 Å². The first-order valence-corrected chi connectivity index (χ1v) is 12.0. The van der Waals surface area contributed by atoms with Gasteiger partial charge in [0.05, 0.1) is 0 Å². The Balaban J connectivity index is 1.34. The lowest BCUT2D eigenvalue weighted by Crippen LogP contribution is -2.47. The van der Waals surface area contributed by atoms with Crippen LogP contribution in [0.2, 0.25) is 0 Å². The van der Waals surface area contributed by atoms with E-state index < -0.39 is 0 Å². The highest BCUT2D eigenvalue weighted by molar-refractivity contribution is 6.04. The van der Waals surface area contributed by atoms with Gasteiger partial charge >= 0.3 is 0 Å². The van der Waals surface area contributed by atoms with E-state index in [1.54, 1.807) is 6.08 Å². The molecule has 0 spiro atoms. The Morgan fingerprint density at radius 3 is 2.45 bits per heavy atom. The summed E-state index contributed by atoms with van der Waals surface area (Å²) in [5.41, 5.74) is 5.88. The molecular weight excluding hydrogens is 406 g/mol. The van der Waals surface area contributed by atoms with E-state index in [-0.39, 0.29) is 11.9 Å². The number of fused-ring (bicyclic) bond motifs is 1. The van der Waals surface area contributed by atoms with E-state index in [9.17, 15) is 4.79 Å². The average Bonchev–Trinajstić information content (AvgIpc) is 3.33. The van der Waals surface area contributed by atoms with Crippen molar-refractivity contribution in [2.45, 2.75) is 31.8 Å². The molecular formula is C29H31N3O. The molecule has 2 heterocycles. The molecule has 0 aliphatic carbocycles. The molecule has 2 aliphatic rings. The molecule has 0 saturated carbocycles. The molecule has 3 aromatic rings. The van der Waals surface area contributed by atoms with Gasteiger partial charge in [-0.1, -0.05) is 66.7 Å². The largest absolute Gasteiger partial charge is 0.384 e. The number of piperidine rings is 1. The molecule has 0 radical (unpaired) electrons. The summed E-state index contributed by atoms with van der Waals surface area (Å²) in [6, 6.07) is 27.3. The van der Waals surface area contributed by atoms with Gasteiger partial charge in [0.2, 0.25) is 0 Å². The zero-order chi connectivity index (χ0) is 22.5. The first kappa shape index (κ1) is 21.5. The SMILES string of the molecule is O=C(/C=C/c1ccccc1)N(c1ccc2c(c1)NCC2)C1CCN(Cc2ccccc2)CC1. The van der Waals surface area contributed by atoms with Crippen LogP contribution in [-0.2, 0) is 17.8 Å². The molecule has 33 heavy (non-hydrogen) atoms. The third-order valence-corrected chi connectivity index (χ3v) is 6.71. The van der Waals surface area contributed by atoms with Gasteiger partial charge in [0.15, 0.2) is 0 Å². The zero-order valence-electron chi connectivity index (χ0n) is 19.0. The van der Waals surface area contributed by atoms with Crippen molar-refractivity contribution >= 4 is 23.4 Å². The molecule has 5 rings (SSSR count). The number of hydrogen-bond acceptors (Lipinski definition) is 3. The van der Waals surface area contributed by atoms with Gasteiger partial charge in [-0.25, -0.2) is 0 Å². The van der Waals surface area contributed by atoms with Crippen LogP contribution in [-0.4, -0.2) is 36.5 Å². The Hall–Kier alpha value is -3.37. The molecule has 0 bridgehead atoms. The molecule has 4 nitrogen and oxygen atoms in total. The summed E-state index contributed by atoms with van der Waals surface area (Å²) in [7, 11) is 0. The van der Waals surface area contributed by atoms with Gasteiger partial charge in [-0.2, -0.15) is 0 Å². The molecule has 168 valence electrons. The summed E-state index contributed by atoms with van der Waals surface area (Å²) < 4.78 is 0. The number of hydrogen-bond donors (Lipinski definition) is 1. The molecule has 1 fully saturated rings. The minimum atomic E-state index is 0.0540. The van der Waals surface area contributed by atoms with Crippen LogP contribution in [0.15, 0.2) is 84.9 Å². The number of amides is 1. The van der Waals surface area contributed by atoms with Gasteiger partial charge in [-0.3, -0.25) is 9.69 Å². The maximum Gasteiger partial charge on any atom is 0.251 e. The third-order valence-electron chi connectivity index (χ3n) is 6.71. The van der Waals surface area contributed by atoms with Gasteiger partial charge in [-0.15, -0.1) is 0 Å². The summed E-state index contributed by atoms with van der Waals surface area (Å²) in [5, 5.41) is 3.47. The monoisotopic (exact) mass is 437 g/mol. The van der Waals surface area contributed by atoms with Crippen LogP contribution in [0.5, 0.6) is 0 Å². The van der Waals surface area contributed by atoms with Crippen LogP contribution in [0.1, 0.15) is 29.5 Å². The fraction of sp³-hybridized carbons (Fsp3) is 0.276. The van der Waals surface area contributed by atoms with Crippen molar-refractivity contribution in [3.8, 4) is 0 Å². The van der Waals surface area contributed by atoms with Crippen molar-refractivity contribution in [1.82, 2.24) is 4.90 Å². The van der Waals surface area contributed by atoms with Gasteiger partial charge in [0.1, 0.15) is 0 Å². The highest BCUT2D eigenvalue weighted by Gasteiger charge is 2.29. The van der Waals surface area contributed by atoms with Crippen LogP contribution in [0, 0.1) is 0 Å². The summed E-state index contributed by atoms with van der Waals surface area (Å²) in [6.45, 7) is 3.93. The lowest BCUT2D eigenvalue weighted by molar-refractivity contribution is -0.114. The predicted octanol–water partition coefficient (Wildman–Crippen LogP) is 5.37. The molecule has 4 heteroatoms. The topological polar surface area (TPSA) is 35.6 Å². The molecule has 1 saturated heterocycles. The Kier molecular flexibility index (Phi) is 6.54. The number of likely N-dealkylation sites (tertiary alicyclic amines) is 1. The normalized spacial score (nSPS) is 16.5. The van der Waals surface area contributed by atoms with E-state index in [1.807, 2.05) is 41.3 Å². The van der Waals surface area contributed by atoms with E-state index in [1.165, 1.54) is 16.8 Å². The Bertz CT molecular complexity index is 1100. The maximum atomic E-state index is 13.5. The number of rotatable bonds is 6. The van der Waals surface area contributed by atoms with Crippen molar-refractivity contribution in [3.63, 3.8) is 0 Å². The second kappa shape index (κ2) is 10.1. The fourth-order valence-electron chi connectivity index (χ4n) is 4.94. The minimum Gasteiger partial charge on any atom is -0.384 e. The van der Waals surface area contributed by atoms with Crippen LogP contribution in [0.3, 0.4) is 0 Å². The summed E-state index contributed by atoms with van der Waals surface area (Å²) in [5.74, 6) is 0.0540. The summed E-state index contributed by atoms with van der Waals surface area (Å²) in [4.78, 5) is 18.0. The van der Waals surface area contributed by atoms with Gasteiger partial charge in [-0.05, 0) is 54.2 Å². The van der Waals surface area contributed by atoms with E-state index in [0.717, 1.165) is 56.7 Å². The predicted molar refractivity (Wildman–Crippen MR) is 136 cm³/mol. The lowest BCUT2D eigenvalue weighted by atomic mass is 10.0. The summed E-state index contributed by atoms with van der Waals surface area (Å²) >= 11 is 0. The van der Waals surface area contributed by atoms with Crippen LogP contribution < -0.4 is 10.2 Å². The Morgan fingerprint density at radius 2 is 1.70 bits per heavy atom. The standard InChI is InChI=1S/C29H31N3O/c33-29(14-11-23-7-3-1-4-8-23)32(27-13-12-25-15-18-30-28(25)21-27)26-16-19-31(20-17-26)22-24-9-5-2-6-10-24/h1-14,21,26,30H,15-20,22H2/b14-11+. The number of anilines is 2.